The fraction of sp³-hybridized carbons (Fsp3) is 0.517. The first-order chi connectivity index (χ1) is 16.0. The molecule has 0 bridgehead atoms. The maximum atomic E-state index is 13.0. The van der Waals surface area contributed by atoms with Gasteiger partial charge in [0.25, 0.3) is 0 Å². The second-order valence-corrected chi connectivity index (χ2v) is 10.1. The number of likely N-dealkylation sites (tertiary alicyclic amines) is 1. The van der Waals surface area contributed by atoms with E-state index in [0.29, 0.717) is 12.3 Å². The summed E-state index contributed by atoms with van der Waals surface area (Å²) in [5.41, 5.74) is 4.97. The minimum Gasteiger partial charge on any atom is -0.342 e. The molecule has 2 aromatic carbocycles. The van der Waals surface area contributed by atoms with Crippen molar-refractivity contribution in [2.24, 2.45) is 11.8 Å². The second-order valence-electron chi connectivity index (χ2n) is 10.1. The first-order valence-corrected chi connectivity index (χ1v) is 12.7. The van der Waals surface area contributed by atoms with E-state index in [2.05, 4.69) is 47.4 Å². The Morgan fingerprint density at radius 1 is 0.912 bits per heavy atom. The summed E-state index contributed by atoms with van der Waals surface area (Å²) >= 11 is 0. The number of carbonyl (C=O) groups excluding carboxylic acids is 2. The third-order valence-electron chi connectivity index (χ3n) is 7.37. The molecule has 2 aliphatic heterocycles. The number of ketones is 1. The van der Waals surface area contributed by atoms with Crippen molar-refractivity contribution >= 4 is 24.1 Å². The first kappa shape index (κ1) is 26.4. The average Bonchev–Trinajstić information content (AvgIpc) is 3.04. The average molecular weight is 483 g/mol. The van der Waals surface area contributed by atoms with Gasteiger partial charge in [0.1, 0.15) is 0 Å². The van der Waals surface area contributed by atoms with Crippen molar-refractivity contribution in [1.29, 1.82) is 0 Å². The van der Waals surface area contributed by atoms with E-state index in [-0.39, 0.29) is 30.0 Å². The molecule has 0 unspecified atom stereocenters. The smallest absolute Gasteiger partial charge is 0.225 e. The van der Waals surface area contributed by atoms with Crippen LogP contribution in [0.25, 0.3) is 0 Å². The SMILES string of the molecule is CC(C)C(=O)N1CCC(CCC(=O)c2ccc3c(c2)CCN(Cc2ccccc2)CC3)CC1.Cl. The van der Waals surface area contributed by atoms with Crippen LogP contribution in [-0.4, -0.2) is 47.7 Å². The van der Waals surface area contributed by atoms with Gasteiger partial charge in [-0.05, 0) is 60.8 Å². The fourth-order valence-corrected chi connectivity index (χ4v) is 5.23. The Balaban J connectivity index is 0.00000324. The molecule has 0 atom stereocenters. The van der Waals surface area contributed by atoms with Crippen LogP contribution < -0.4 is 0 Å². The zero-order valence-electron chi connectivity index (χ0n) is 20.7. The Hall–Kier alpha value is -2.17. The molecular formula is C29H39ClN2O2. The lowest BCUT2D eigenvalue weighted by atomic mass is 9.89. The molecule has 5 heteroatoms. The predicted molar refractivity (Wildman–Crippen MR) is 141 cm³/mol. The molecule has 1 saturated heterocycles. The van der Waals surface area contributed by atoms with Crippen molar-refractivity contribution in [2.75, 3.05) is 26.2 Å². The van der Waals surface area contributed by atoms with Crippen LogP contribution in [0.1, 0.15) is 66.6 Å². The summed E-state index contributed by atoms with van der Waals surface area (Å²) in [5.74, 6) is 1.15. The fourth-order valence-electron chi connectivity index (χ4n) is 5.23. The van der Waals surface area contributed by atoms with Gasteiger partial charge in [0, 0.05) is 50.6 Å². The first-order valence-electron chi connectivity index (χ1n) is 12.7. The number of carbonyl (C=O) groups is 2. The van der Waals surface area contributed by atoms with E-state index >= 15 is 0 Å². The second kappa shape index (κ2) is 12.5. The summed E-state index contributed by atoms with van der Waals surface area (Å²) in [7, 11) is 0. The van der Waals surface area contributed by atoms with Gasteiger partial charge in [-0.2, -0.15) is 0 Å². The molecule has 1 fully saturated rings. The molecule has 2 heterocycles. The summed E-state index contributed by atoms with van der Waals surface area (Å²) in [6, 6.07) is 17.1. The molecule has 2 aliphatic rings. The molecule has 2 aromatic rings. The van der Waals surface area contributed by atoms with Gasteiger partial charge in [0.05, 0.1) is 0 Å². The van der Waals surface area contributed by atoms with Crippen LogP contribution in [0.5, 0.6) is 0 Å². The third-order valence-corrected chi connectivity index (χ3v) is 7.37. The monoisotopic (exact) mass is 482 g/mol. The number of Topliss-reactive ketones (excluding diaryl/α,β-unsaturated/α-hetero) is 1. The lowest BCUT2D eigenvalue weighted by molar-refractivity contribution is -0.135. The standard InChI is InChI=1S/C29H38N2O2.ClH/c1-22(2)29(33)31-18-12-23(13-19-31)8-11-28(32)27-10-9-25-14-16-30(17-15-26(25)20-27)21-24-6-4-3-5-7-24;/h3-7,9-10,20,22-23H,8,11-19,21H2,1-2H3;1H. The molecule has 184 valence electrons. The van der Waals surface area contributed by atoms with E-state index in [9.17, 15) is 9.59 Å². The Morgan fingerprint density at radius 3 is 2.26 bits per heavy atom. The number of amides is 1. The van der Waals surface area contributed by atoms with E-state index in [1.54, 1.807) is 0 Å². The molecule has 0 N–H and O–H groups in total. The van der Waals surface area contributed by atoms with Crippen molar-refractivity contribution in [3.05, 3.63) is 70.8 Å². The molecule has 4 nitrogen and oxygen atoms in total. The molecular weight excluding hydrogens is 444 g/mol. The number of benzene rings is 2. The quantitative estimate of drug-likeness (QED) is 0.484. The lowest BCUT2D eigenvalue weighted by Crippen LogP contribution is -2.40. The van der Waals surface area contributed by atoms with Crippen molar-refractivity contribution in [3.8, 4) is 0 Å². The molecule has 0 aromatic heterocycles. The number of fused-ring (bicyclic) bond motifs is 1. The van der Waals surface area contributed by atoms with Gasteiger partial charge in [-0.25, -0.2) is 0 Å². The third kappa shape index (κ3) is 6.93. The highest BCUT2D eigenvalue weighted by molar-refractivity contribution is 5.96. The van der Waals surface area contributed by atoms with Crippen molar-refractivity contribution < 1.29 is 9.59 Å². The van der Waals surface area contributed by atoms with E-state index in [1.165, 1.54) is 16.7 Å². The summed E-state index contributed by atoms with van der Waals surface area (Å²) in [6.45, 7) is 8.70. The number of rotatable bonds is 7. The van der Waals surface area contributed by atoms with E-state index in [1.807, 2.05) is 24.8 Å². The van der Waals surface area contributed by atoms with Crippen LogP contribution in [0, 0.1) is 11.8 Å². The Morgan fingerprint density at radius 2 is 1.59 bits per heavy atom. The number of piperidine rings is 1. The van der Waals surface area contributed by atoms with Crippen molar-refractivity contribution in [2.45, 2.75) is 58.9 Å². The summed E-state index contributed by atoms with van der Waals surface area (Å²) in [5, 5.41) is 0. The highest BCUT2D eigenvalue weighted by Gasteiger charge is 2.25. The predicted octanol–water partition coefficient (Wildman–Crippen LogP) is 5.57. The molecule has 0 spiro atoms. The molecule has 0 aliphatic carbocycles. The van der Waals surface area contributed by atoms with Crippen molar-refractivity contribution in [3.63, 3.8) is 0 Å². The zero-order valence-corrected chi connectivity index (χ0v) is 21.5. The molecule has 0 saturated carbocycles. The summed E-state index contributed by atoms with van der Waals surface area (Å²) in [4.78, 5) is 29.6. The number of nitrogens with zero attached hydrogens (tertiary/aromatic N) is 2. The van der Waals surface area contributed by atoms with Gasteiger partial charge in [-0.1, -0.05) is 56.3 Å². The largest absolute Gasteiger partial charge is 0.342 e. The van der Waals surface area contributed by atoms with E-state index in [4.69, 9.17) is 0 Å². The highest BCUT2D eigenvalue weighted by Crippen LogP contribution is 2.25. The Kier molecular flexibility index (Phi) is 9.73. The molecule has 1 amide bonds. The summed E-state index contributed by atoms with van der Waals surface area (Å²) in [6.07, 6.45) is 5.64. The number of hydrogen-bond donors (Lipinski definition) is 0. The van der Waals surface area contributed by atoms with E-state index in [0.717, 1.165) is 70.4 Å². The Labute approximate surface area is 211 Å². The number of hydrogen-bond acceptors (Lipinski definition) is 3. The zero-order chi connectivity index (χ0) is 23.2. The topological polar surface area (TPSA) is 40.6 Å². The van der Waals surface area contributed by atoms with Crippen LogP contribution in [-0.2, 0) is 24.2 Å². The maximum absolute atomic E-state index is 13.0. The van der Waals surface area contributed by atoms with Crippen LogP contribution in [0.2, 0.25) is 0 Å². The molecule has 0 radical (unpaired) electrons. The van der Waals surface area contributed by atoms with Crippen LogP contribution >= 0.6 is 12.4 Å². The molecule has 4 rings (SSSR count). The molecule has 34 heavy (non-hydrogen) atoms. The highest BCUT2D eigenvalue weighted by atomic mass is 35.5. The summed E-state index contributed by atoms with van der Waals surface area (Å²) < 4.78 is 0. The minimum absolute atomic E-state index is 0. The van der Waals surface area contributed by atoms with Gasteiger partial charge in [-0.15, -0.1) is 12.4 Å². The maximum Gasteiger partial charge on any atom is 0.225 e. The number of halogens is 1. The van der Waals surface area contributed by atoms with Gasteiger partial charge in [0.15, 0.2) is 5.78 Å². The minimum atomic E-state index is 0. The lowest BCUT2D eigenvalue weighted by Gasteiger charge is -2.33. The Bertz CT molecular complexity index is 952. The van der Waals surface area contributed by atoms with Crippen LogP contribution in [0.15, 0.2) is 48.5 Å². The normalized spacial score (nSPS) is 17.1. The van der Waals surface area contributed by atoms with Crippen LogP contribution in [0.3, 0.4) is 0 Å². The van der Waals surface area contributed by atoms with Gasteiger partial charge in [-0.3, -0.25) is 14.5 Å². The van der Waals surface area contributed by atoms with Crippen molar-refractivity contribution in [1.82, 2.24) is 9.80 Å². The van der Waals surface area contributed by atoms with Gasteiger partial charge >= 0.3 is 0 Å². The van der Waals surface area contributed by atoms with Gasteiger partial charge in [0.2, 0.25) is 5.91 Å². The van der Waals surface area contributed by atoms with E-state index < -0.39 is 0 Å². The van der Waals surface area contributed by atoms with Gasteiger partial charge < -0.3 is 4.90 Å². The van der Waals surface area contributed by atoms with Crippen LogP contribution in [0.4, 0.5) is 0 Å².